The van der Waals surface area contributed by atoms with Gasteiger partial charge in [-0.15, -0.1) is 12.4 Å². The van der Waals surface area contributed by atoms with Crippen LogP contribution in [0.25, 0.3) is 0 Å². The van der Waals surface area contributed by atoms with Crippen LogP contribution in [0, 0.1) is 11.3 Å². The zero-order valence-electron chi connectivity index (χ0n) is 10.0. The van der Waals surface area contributed by atoms with Crippen LogP contribution in [0.15, 0.2) is 0 Å². The van der Waals surface area contributed by atoms with Crippen LogP contribution in [0.3, 0.4) is 0 Å². The van der Waals surface area contributed by atoms with Crippen molar-refractivity contribution in [2.75, 3.05) is 6.61 Å². The number of unbranched alkanes of at least 4 members (excludes halogenated alkanes) is 2. The summed E-state index contributed by atoms with van der Waals surface area (Å²) in [6, 6.07) is 0. The third-order valence-electron chi connectivity index (χ3n) is 2.87. The average molecular weight is 224 g/mol. The van der Waals surface area contributed by atoms with Crippen LogP contribution in [0.2, 0.25) is 0 Å². The summed E-state index contributed by atoms with van der Waals surface area (Å²) >= 11 is 0. The average Bonchev–Trinajstić information content (AvgIpc) is 2.59. The molecule has 14 heavy (non-hydrogen) atoms. The Hall–Kier alpha value is 0.210. The molecule has 0 aliphatic heterocycles. The number of nitrogens with two attached hydrogens (primary N) is 1. The Morgan fingerprint density at radius 1 is 1.36 bits per heavy atom. The van der Waals surface area contributed by atoms with Gasteiger partial charge in [0.05, 0.1) is 6.61 Å². The molecule has 0 spiro atoms. The molecular weight excluding hydrogens is 198 g/mol. The van der Waals surface area contributed by atoms with Crippen molar-refractivity contribution in [2.24, 2.45) is 17.2 Å². The lowest BCUT2D eigenvalue weighted by molar-refractivity contribution is 0.134. The minimum absolute atomic E-state index is 0. The molecule has 88 valence electrons. The molecule has 2 nitrogen and oxygen atoms in total. The van der Waals surface area contributed by atoms with E-state index in [-0.39, 0.29) is 12.4 Å². The van der Waals surface area contributed by atoms with Gasteiger partial charge in [-0.2, -0.15) is 0 Å². The van der Waals surface area contributed by atoms with Crippen LogP contribution in [0.4, 0.5) is 0 Å². The highest BCUT2D eigenvalue weighted by Gasteiger charge is 2.41. The molecule has 1 aliphatic carbocycles. The molecule has 0 aromatic rings. The van der Waals surface area contributed by atoms with Gasteiger partial charge in [-0.3, -0.25) is 0 Å². The maximum Gasteiger partial charge on any atom is 0.0679 e. The molecule has 1 aliphatic rings. The fourth-order valence-corrected chi connectivity index (χ4v) is 1.17. The third-order valence-corrected chi connectivity index (χ3v) is 2.87. The van der Waals surface area contributed by atoms with E-state index >= 15 is 0 Å². The maximum atomic E-state index is 4.77. The summed E-state index contributed by atoms with van der Waals surface area (Å²) in [4.78, 5) is 4.34. The summed E-state index contributed by atoms with van der Waals surface area (Å²) in [6.45, 7) is 9.79. The molecule has 1 atom stereocenters. The first-order valence-corrected chi connectivity index (χ1v) is 5.36. The van der Waals surface area contributed by atoms with Gasteiger partial charge in [-0.25, -0.2) is 5.90 Å². The standard InChI is InChI=1S/C6H12.C5H13NO.ClH/c1-5-4-6(5,2)3;1-2-3-4-5-7-6;/h5H,4H2,1-3H3;2-6H2,1H3;1H. The predicted octanol–water partition coefficient (Wildman–Crippen LogP) is 3.54. The van der Waals surface area contributed by atoms with Crippen LogP contribution in [-0.4, -0.2) is 6.61 Å². The summed E-state index contributed by atoms with van der Waals surface area (Å²) in [6.07, 6.45) is 4.97. The van der Waals surface area contributed by atoms with E-state index in [4.69, 9.17) is 5.90 Å². The molecular formula is C11H26ClNO. The molecule has 0 heterocycles. The van der Waals surface area contributed by atoms with E-state index in [0.717, 1.165) is 12.3 Å². The third kappa shape index (κ3) is 8.79. The molecule has 1 unspecified atom stereocenters. The maximum absolute atomic E-state index is 4.77. The summed E-state index contributed by atoms with van der Waals surface area (Å²) in [5.74, 6) is 5.77. The second kappa shape index (κ2) is 8.51. The van der Waals surface area contributed by atoms with Gasteiger partial charge in [0.1, 0.15) is 0 Å². The first kappa shape index (κ1) is 16.6. The largest absolute Gasteiger partial charge is 0.305 e. The van der Waals surface area contributed by atoms with Crippen molar-refractivity contribution in [2.45, 2.75) is 53.4 Å². The number of hydrogen-bond acceptors (Lipinski definition) is 2. The van der Waals surface area contributed by atoms with Gasteiger partial charge < -0.3 is 4.84 Å². The van der Waals surface area contributed by atoms with E-state index in [1.165, 1.54) is 19.3 Å². The summed E-state index contributed by atoms with van der Waals surface area (Å²) in [5.41, 5.74) is 0.708. The summed E-state index contributed by atoms with van der Waals surface area (Å²) in [7, 11) is 0. The molecule has 2 N–H and O–H groups in total. The topological polar surface area (TPSA) is 35.2 Å². The molecule has 0 amide bonds. The zero-order valence-corrected chi connectivity index (χ0v) is 10.8. The molecule has 0 aromatic heterocycles. The fourth-order valence-electron chi connectivity index (χ4n) is 1.17. The van der Waals surface area contributed by atoms with E-state index < -0.39 is 0 Å². The summed E-state index contributed by atoms with van der Waals surface area (Å²) < 4.78 is 0. The number of rotatable bonds is 4. The predicted molar refractivity (Wildman–Crippen MR) is 64.5 cm³/mol. The fraction of sp³-hybridized carbons (Fsp3) is 1.00. The molecule has 0 bridgehead atoms. The van der Waals surface area contributed by atoms with Crippen molar-refractivity contribution in [3.8, 4) is 0 Å². The van der Waals surface area contributed by atoms with Crippen molar-refractivity contribution in [3.63, 3.8) is 0 Å². The van der Waals surface area contributed by atoms with Crippen molar-refractivity contribution in [3.05, 3.63) is 0 Å². The Balaban J connectivity index is 0. The number of hydrogen-bond donors (Lipinski definition) is 1. The van der Waals surface area contributed by atoms with Gasteiger partial charge in [0, 0.05) is 0 Å². The van der Waals surface area contributed by atoms with Gasteiger partial charge in [0.25, 0.3) is 0 Å². The van der Waals surface area contributed by atoms with Crippen LogP contribution in [0.5, 0.6) is 0 Å². The Bertz CT molecular complexity index is 124. The lowest BCUT2D eigenvalue weighted by Crippen LogP contribution is -1.99. The molecule has 3 heteroatoms. The van der Waals surface area contributed by atoms with Gasteiger partial charge in [0.15, 0.2) is 0 Å². The second-order valence-corrected chi connectivity index (χ2v) is 4.67. The minimum atomic E-state index is 0. The quantitative estimate of drug-likeness (QED) is 0.585. The van der Waals surface area contributed by atoms with Gasteiger partial charge in [-0.05, 0) is 24.2 Å². The molecule has 0 aromatic carbocycles. The zero-order chi connectivity index (χ0) is 10.3. The first-order chi connectivity index (χ1) is 6.04. The van der Waals surface area contributed by atoms with Crippen molar-refractivity contribution < 1.29 is 4.84 Å². The highest BCUT2D eigenvalue weighted by atomic mass is 35.5. The van der Waals surface area contributed by atoms with E-state index in [1.807, 2.05) is 0 Å². The van der Waals surface area contributed by atoms with Crippen molar-refractivity contribution in [1.29, 1.82) is 0 Å². The Kier molecular flexibility index (Phi) is 10.1. The normalized spacial score (nSPS) is 21.6. The summed E-state index contributed by atoms with van der Waals surface area (Å²) in [5, 5.41) is 0. The first-order valence-electron chi connectivity index (χ1n) is 5.36. The lowest BCUT2D eigenvalue weighted by Gasteiger charge is -1.92. The minimum Gasteiger partial charge on any atom is -0.305 e. The number of halogens is 1. The van der Waals surface area contributed by atoms with Crippen molar-refractivity contribution in [1.82, 2.24) is 0 Å². The highest BCUT2D eigenvalue weighted by Crippen LogP contribution is 2.50. The van der Waals surface area contributed by atoms with Crippen LogP contribution in [0.1, 0.15) is 53.4 Å². The SMILES string of the molecule is CC1CC1(C)C.CCCCCON.Cl. The van der Waals surface area contributed by atoms with Crippen LogP contribution < -0.4 is 5.90 Å². The van der Waals surface area contributed by atoms with Gasteiger partial charge >= 0.3 is 0 Å². The molecule has 0 radical (unpaired) electrons. The van der Waals surface area contributed by atoms with Crippen LogP contribution >= 0.6 is 12.4 Å². The lowest BCUT2D eigenvalue weighted by atomic mass is 10.1. The van der Waals surface area contributed by atoms with Crippen molar-refractivity contribution >= 4 is 12.4 Å². The van der Waals surface area contributed by atoms with E-state index in [1.54, 1.807) is 0 Å². The Morgan fingerprint density at radius 2 is 1.79 bits per heavy atom. The second-order valence-electron chi connectivity index (χ2n) is 4.67. The highest BCUT2D eigenvalue weighted by molar-refractivity contribution is 5.85. The van der Waals surface area contributed by atoms with Gasteiger partial charge in [-0.1, -0.05) is 40.5 Å². The molecule has 1 saturated carbocycles. The molecule has 1 fully saturated rings. The monoisotopic (exact) mass is 223 g/mol. The Morgan fingerprint density at radius 3 is 2.00 bits per heavy atom. The van der Waals surface area contributed by atoms with E-state index in [0.29, 0.717) is 12.0 Å². The van der Waals surface area contributed by atoms with E-state index in [9.17, 15) is 0 Å². The molecule has 1 rings (SSSR count). The molecule has 0 saturated heterocycles. The van der Waals surface area contributed by atoms with Gasteiger partial charge in [0.2, 0.25) is 0 Å². The smallest absolute Gasteiger partial charge is 0.0679 e. The van der Waals surface area contributed by atoms with E-state index in [2.05, 4.69) is 32.5 Å². The Labute approximate surface area is 94.9 Å². The van der Waals surface area contributed by atoms with Crippen LogP contribution in [-0.2, 0) is 4.84 Å².